The van der Waals surface area contributed by atoms with Crippen LogP contribution in [-0.4, -0.2) is 41.1 Å². The number of aryl methyl sites for hydroxylation is 1. The van der Waals surface area contributed by atoms with Crippen molar-refractivity contribution in [2.24, 2.45) is 0 Å². The second-order valence-electron chi connectivity index (χ2n) is 8.93. The van der Waals surface area contributed by atoms with Crippen LogP contribution in [0.5, 0.6) is 0 Å². The largest absolute Gasteiger partial charge is 0.441 e. The Bertz CT molecular complexity index is 1100. The van der Waals surface area contributed by atoms with Gasteiger partial charge >= 0.3 is 6.09 Å². The van der Waals surface area contributed by atoms with E-state index in [-0.39, 0.29) is 11.7 Å². The number of hydrogen-bond donors (Lipinski definition) is 0. The lowest BCUT2D eigenvalue weighted by molar-refractivity contribution is -0.00128. The van der Waals surface area contributed by atoms with E-state index in [0.717, 1.165) is 38.0 Å². The topological polar surface area (TPSA) is 32.8 Å². The summed E-state index contributed by atoms with van der Waals surface area (Å²) >= 11 is 3.82. The molecule has 0 aromatic heterocycles. The van der Waals surface area contributed by atoms with Gasteiger partial charge in [-0.1, -0.05) is 66.2 Å². The molecular formula is C26H27BrN2O2. The van der Waals surface area contributed by atoms with Gasteiger partial charge in [0.15, 0.2) is 0 Å². The molecule has 0 N–H and O–H groups in total. The highest BCUT2D eigenvalue weighted by molar-refractivity contribution is 9.10. The molecule has 5 heteroatoms. The number of rotatable bonds is 4. The van der Waals surface area contributed by atoms with Crippen molar-refractivity contribution < 1.29 is 9.53 Å². The van der Waals surface area contributed by atoms with Gasteiger partial charge in [0.2, 0.25) is 0 Å². The molecule has 0 bridgehead atoms. The number of fused-ring (bicyclic) bond motifs is 1. The number of carbonyl (C=O) groups is 1. The standard InChI is InChI=1S/C26H27BrN2O2/c1-19-6-8-20(9-7-19)16-29-18-26(31-25(29)30)12-14-28(15-13-26)17-22-11-10-21-4-2-3-5-23(21)24(22)27/h2-11H,12-18H2,1H3. The molecule has 3 aromatic rings. The minimum absolute atomic E-state index is 0.175. The molecule has 2 fully saturated rings. The van der Waals surface area contributed by atoms with Crippen LogP contribution in [0.1, 0.15) is 29.5 Å². The summed E-state index contributed by atoms with van der Waals surface area (Å²) < 4.78 is 7.11. The number of hydrogen-bond acceptors (Lipinski definition) is 3. The number of likely N-dealkylation sites (tertiary alicyclic amines) is 1. The van der Waals surface area contributed by atoms with Gasteiger partial charge in [-0.2, -0.15) is 0 Å². The van der Waals surface area contributed by atoms with Crippen LogP contribution in [0.25, 0.3) is 10.8 Å². The maximum atomic E-state index is 12.5. The first-order valence-corrected chi connectivity index (χ1v) is 11.7. The zero-order valence-corrected chi connectivity index (χ0v) is 19.4. The van der Waals surface area contributed by atoms with Crippen LogP contribution in [0, 0.1) is 6.92 Å². The molecule has 1 amide bonds. The fourth-order valence-corrected chi connectivity index (χ4v) is 5.37. The lowest BCUT2D eigenvalue weighted by atomic mass is 9.91. The lowest BCUT2D eigenvalue weighted by Gasteiger charge is -2.37. The lowest BCUT2D eigenvalue weighted by Crippen LogP contribution is -2.46. The first-order chi connectivity index (χ1) is 15.0. The molecule has 31 heavy (non-hydrogen) atoms. The van der Waals surface area contributed by atoms with Gasteiger partial charge in [-0.05, 0) is 44.8 Å². The Kier molecular flexibility index (Phi) is 5.49. The van der Waals surface area contributed by atoms with Gasteiger partial charge in [0.1, 0.15) is 5.60 Å². The highest BCUT2D eigenvalue weighted by Gasteiger charge is 2.46. The molecule has 1 spiro atoms. The quantitative estimate of drug-likeness (QED) is 0.467. The highest BCUT2D eigenvalue weighted by atomic mass is 79.9. The third-order valence-electron chi connectivity index (χ3n) is 6.64. The van der Waals surface area contributed by atoms with Crippen molar-refractivity contribution >= 4 is 32.8 Å². The number of nitrogens with zero attached hydrogens (tertiary/aromatic N) is 2. The van der Waals surface area contributed by atoms with Crippen molar-refractivity contribution in [2.75, 3.05) is 19.6 Å². The molecule has 2 aliphatic heterocycles. The molecule has 4 nitrogen and oxygen atoms in total. The molecule has 3 aromatic carbocycles. The summed E-state index contributed by atoms with van der Waals surface area (Å²) in [6.07, 6.45) is 1.59. The van der Waals surface area contributed by atoms with Gasteiger partial charge in [0, 0.05) is 43.5 Å². The number of halogens is 1. The van der Waals surface area contributed by atoms with E-state index in [4.69, 9.17) is 4.74 Å². The van der Waals surface area contributed by atoms with Crippen LogP contribution in [0.3, 0.4) is 0 Å². The van der Waals surface area contributed by atoms with Crippen molar-refractivity contribution in [1.29, 1.82) is 0 Å². The predicted octanol–water partition coefficient (Wildman–Crippen LogP) is 5.90. The van der Waals surface area contributed by atoms with Crippen molar-refractivity contribution in [1.82, 2.24) is 9.80 Å². The molecule has 2 heterocycles. The first kappa shape index (κ1) is 20.5. The monoisotopic (exact) mass is 478 g/mol. The van der Waals surface area contributed by atoms with Crippen molar-refractivity contribution in [3.8, 4) is 0 Å². The van der Waals surface area contributed by atoms with Crippen LogP contribution in [0.15, 0.2) is 65.1 Å². The highest BCUT2D eigenvalue weighted by Crippen LogP contribution is 2.35. The van der Waals surface area contributed by atoms with Gasteiger partial charge in [-0.3, -0.25) is 9.80 Å². The Balaban J connectivity index is 1.22. The molecular weight excluding hydrogens is 452 g/mol. The normalized spacial score (nSPS) is 18.6. The fraction of sp³-hybridized carbons (Fsp3) is 0.346. The predicted molar refractivity (Wildman–Crippen MR) is 127 cm³/mol. The second kappa shape index (κ2) is 8.29. The molecule has 5 rings (SSSR count). The molecule has 0 aliphatic carbocycles. The smallest absolute Gasteiger partial charge is 0.410 e. The molecule has 2 saturated heterocycles. The average Bonchev–Trinajstić information content (AvgIpc) is 3.08. The van der Waals surface area contributed by atoms with Gasteiger partial charge in [0.05, 0.1) is 6.54 Å². The number of piperidine rings is 1. The molecule has 0 unspecified atom stereocenters. The number of benzene rings is 3. The molecule has 2 aliphatic rings. The van der Waals surface area contributed by atoms with Gasteiger partial charge < -0.3 is 4.74 Å². The molecule has 0 radical (unpaired) electrons. The van der Waals surface area contributed by atoms with Crippen molar-refractivity contribution in [3.05, 3.63) is 81.8 Å². The third-order valence-corrected chi connectivity index (χ3v) is 7.58. The fourth-order valence-electron chi connectivity index (χ4n) is 4.75. The first-order valence-electron chi connectivity index (χ1n) is 10.9. The number of amides is 1. The van der Waals surface area contributed by atoms with E-state index in [9.17, 15) is 4.79 Å². The maximum Gasteiger partial charge on any atom is 0.410 e. The van der Waals surface area contributed by atoms with Gasteiger partial charge in [0.25, 0.3) is 0 Å². The van der Waals surface area contributed by atoms with Crippen molar-refractivity contribution in [3.63, 3.8) is 0 Å². The summed E-state index contributed by atoms with van der Waals surface area (Å²) in [5.41, 5.74) is 3.35. The van der Waals surface area contributed by atoms with Crippen LogP contribution < -0.4 is 0 Å². The van der Waals surface area contributed by atoms with E-state index in [1.807, 2.05) is 4.90 Å². The van der Waals surface area contributed by atoms with Crippen LogP contribution in [0.2, 0.25) is 0 Å². The minimum Gasteiger partial charge on any atom is -0.441 e. The van der Waals surface area contributed by atoms with E-state index in [1.165, 1.54) is 26.4 Å². The van der Waals surface area contributed by atoms with E-state index in [1.54, 1.807) is 0 Å². The van der Waals surface area contributed by atoms with E-state index in [0.29, 0.717) is 13.1 Å². The third kappa shape index (κ3) is 4.21. The summed E-state index contributed by atoms with van der Waals surface area (Å²) in [7, 11) is 0. The summed E-state index contributed by atoms with van der Waals surface area (Å²) in [6, 6.07) is 21.3. The van der Waals surface area contributed by atoms with Crippen LogP contribution in [0.4, 0.5) is 4.79 Å². The van der Waals surface area contributed by atoms with Gasteiger partial charge in [-0.25, -0.2) is 4.79 Å². The minimum atomic E-state index is -0.334. The summed E-state index contributed by atoms with van der Waals surface area (Å²) in [6.45, 7) is 6.16. The summed E-state index contributed by atoms with van der Waals surface area (Å²) in [5, 5.41) is 2.51. The van der Waals surface area contributed by atoms with Gasteiger partial charge in [-0.15, -0.1) is 0 Å². The Morgan fingerprint density at radius 3 is 2.48 bits per heavy atom. The Morgan fingerprint density at radius 1 is 0.968 bits per heavy atom. The summed E-state index contributed by atoms with van der Waals surface area (Å²) in [4.78, 5) is 16.9. The van der Waals surface area contributed by atoms with Crippen molar-refractivity contribution in [2.45, 2.75) is 38.5 Å². The average molecular weight is 479 g/mol. The Morgan fingerprint density at radius 2 is 1.71 bits per heavy atom. The zero-order valence-electron chi connectivity index (χ0n) is 17.8. The van der Waals surface area contributed by atoms with Crippen LogP contribution >= 0.6 is 15.9 Å². The van der Waals surface area contributed by atoms with E-state index >= 15 is 0 Å². The molecule has 0 atom stereocenters. The second-order valence-corrected chi connectivity index (χ2v) is 9.72. The SMILES string of the molecule is Cc1ccc(CN2CC3(CCN(Cc4ccc5ccccc5c4Br)CC3)OC2=O)cc1. The van der Waals surface area contributed by atoms with E-state index < -0.39 is 0 Å². The zero-order chi connectivity index (χ0) is 21.4. The number of ether oxygens (including phenoxy) is 1. The molecule has 0 saturated carbocycles. The Labute approximate surface area is 191 Å². The maximum absolute atomic E-state index is 12.5. The summed E-state index contributed by atoms with van der Waals surface area (Å²) in [5.74, 6) is 0. The Hall–Kier alpha value is -2.37. The van der Waals surface area contributed by atoms with Crippen LogP contribution in [-0.2, 0) is 17.8 Å². The molecule has 160 valence electrons. The van der Waals surface area contributed by atoms with E-state index in [2.05, 4.69) is 88.4 Å². The number of carbonyl (C=O) groups excluding carboxylic acids is 1.